The van der Waals surface area contributed by atoms with Gasteiger partial charge in [0.25, 0.3) is 11.8 Å². The van der Waals surface area contributed by atoms with Crippen molar-refractivity contribution >= 4 is 42.2 Å². The highest BCUT2D eigenvalue weighted by Gasteiger charge is 2.48. The second-order valence-electron chi connectivity index (χ2n) is 24.8. The lowest BCUT2D eigenvalue weighted by molar-refractivity contribution is -0.142. The lowest BCUT2D eigenvalue weighted by Crippen LogP contribution is -2.51. The Morgan fingerprint density at radius 1 is 0.586 bits per heavy atom. The van der Waals surface area contributed by atoms with E-state index in [2.05, 4.69) is 65.8 Å². The number of aliphatic hydroxyl groups excluding tert-OH is 2. The summed E-state index contributed by atoms with van der Waals surface area (Å²) in [6.45, 7) is 17.5. The highest BCUT2D eigenvalue weighted by atomic mass is 16.6. The summed E-state index contributed by atoms with van der Waals surface area (Å²) in [5.41, 5.74) is 4.69. The number of benzene rings is 2. The Bertz CT molecular complexity index is 3090. The molecular weight excluding hydrogens is 1120 g/mol. The number of amides is 6. The minimum atomic E-state index is -1.37. The average molecular weight is 1210 g/mol. The molecule has 3 N–H and O–H groups in total. The number of carboxylic acid groups (broad SMARTS) is 1. The summed E-state index contributed by atoms with van der Waals surface area (Å²) in [6, 6.07) is 1.55. The van der Waals surface area contributed by atoms with Crippen molar-refractivity contribution in [1.82, 2.24) is 29.4 Å². The number of piperazine rings is 2. The summed E-state index contributed by atoms with van der Waals surface area (Å²) in [4.78, 5) is 103. The van der Waals surface area contributed by atoms with Gasteiger partial charge in [0.2, 0.25) is 0 Å². The van der Waals surface area contributed by atoms with Crippen LogP contribution in [0, 0.1) is 0 Å². The molecule has 6 aliphatic heterocycles. The highest BCUT2D eigenvalue weighted by molar-refractivity contribution is 6.02. The van der Waals surface area contributed by atoms with Gasteiger partial charge in [-0.25, -0.2) is 24.0 Å². The lowest BCUT2D eigenvalue weighted by atomic mass is 9.84. The minimum absolute atomic E-state index is 0.00584. The van der Waals surface area contributed by atoms with E-state index < -0.39 is 71.6 Å². The van der Waals surface area contributed by atoms with Crippen LogP contribution < -0.4 is 18.9 Å². The summed E-state index contributed by atoms with van der Waals surface area (Å²) < 4.78 is 35.5. The first kappa shape index (κ1) is 65.4. The number of allylic oxidation sites excluding steroid dienone is 8. The molecule has 0 aromatic heterocycles. The monoisotopic (exact) mass is 1210 g/mol. The molecule has 2 aromatic carbocycles. The number of hydrogen-bond acceptors (Lipinski definition) is 15. The zero-order valence-corrected chi connectivity index (χ0v) is 52.3. The number of hydrogen-bond donors (Lipinski definition) is 3. The molecule has 87 heavy (non-hydrogen) atoms. The van der Waals surface area contributed by atoms with Crippen molar-refractivity contribution in [1.29, 1.82) is 0 Å². The molecule has 8 rings (SSSR count). The van der Waals surface area contributed by atoms with Crippen molar-refractivity contribution in [3.05, 3.63) is 92.1 Å². The van der Waals surface area contributed by atoms with Crippen LogP contribution >= 0.6 is 0 Å². The van der Waals surface area contributed by atoms with Gasteiger partial charge < -0.3 is 73.1 Å². The van der Waals surface area contributed by atoms with Gasteiger partial charge in [0.1, 0.15) is 40.2 Å². The largest absolute Gasteiger partial charge is 0.484 e. The van der Waals surface area contributed by atoms with Crippen LogP contribution in [0.15, 0.2) is 58.7 Å². The van der Waals surface area contributed by atoms with Gasteiger partial charge in [0, 0.05) is 94.0 Å². The first-order chi connectivity index (χ1) is 41.3. The Balaban J connectivity index is 1.02. The second kappa shape index (κ2) is 28.1. The predicted molar refractivity (Wildman–Crippen MR) is 322 cm³/mol. The number of carbonyl (C=O) groups is 7. The Morgan fingerprint density at radius 2 is 0.989 bits per heavy atom. The maximum Gasteiger partial charge on any atom is 0.415 e. The molecular formula is C65H88N6O16. The molecule has 6 aliphatic rings. The third-order valence-electron chi connectivity index (χ3n) is 17.8. The number of ether oxygens (including phenoxy) is 6. The predicted octanol–water partition coefficient (Wildman–Crippen LogP) is 9.35. The molecule has 6 amide bonds. The van der Waals surface area contributed by atoms with Gasteiger partial charge in [0.05, 0.1) is 50.6 Å². The Labute approximate surface area is 510 Å². The molecule has 0 spiro atoms. The molecule has 0 radical (unpaired) electrons. The molecule has 0 aliphatic carbocycles. The van der Waals surface area contributed by atoms with E-state index in [-0.39, 0.29) is 126 Å². The van der Waals surface area contributed by atoms with Gasteiger partial charge in [-0.3, -0.25) is 9.59 Å². The second-order valence-corrected chi connectivity index (χ2v) is 24.8. The van der Waals surface area contributed by atoms with Gasteiger partial charge in [-0.1, -0.05) is 46.6 Å². The number of rotatable bonds is 20. The van der Waals surface area contributed by atoms with Crippen LogP contribution in [0.3, 0.4) is 0 Å². The number of nitrogens with zero attached hydrogens (tertiary/aromatic N) is 6. The van der Waals surface area contributed by atoms with E-state index in [1.807, 2.05) is 6.92 Å². The van der Waals surface area contributed by atoms with Gasteiger partial charge in [-0.15, -0.1) is 0 Å². The van der Waals surface area contributed by atoms with Crippen LogP contribution in [-0.2, 0) is 40.2 Å². The molecule has 5 atom stereocenters. The van der Waals surface area contributed by atoms with Crippen molar-refractivity contribution in [2.24, 2.45) is 0 Å². The molecule has 0 bridgehead atoms. The molecule has 0 unspecified atom stereocenters. The highest BCUT2D eigenvalue weighted by Crippen LogP contribution is 2.49. The normalized spacial score (nSPS) is 22.1. The topological polar surface area (TPSA) is 255 Å². The summed E-state index contributed by atoms with van der Waals surface area (Å²) in [6.07, 6.45) is 9.86. The minimum Gasteiger partial charge on any atom is -0.484 e. The summed E-state index contributed by atoms with van der Waals surface area (Å²) in [7, 11) is 2.57. The fourth-order valence-electron chi connectivity index (χ4n) is 12.3. The van der Waals surface area contributed by atoms with Gasteiger partial charge in [-0.2, -0.15) is 0 Å². The van der Waals surface area contributed by atoms with E-state index in [4.69, 9.17) is 28.4 Å². The van der Waals surface area contributed by atoms with Crippen LogP contribution in [-0.4, -0.2) is 189 Å². The van der Waals surface area contributed by atoms with Crippen LogP contribution in [0.4, 0.5) is 19.2 Å². The number of carboxylic acids is 1. The van der Waals surface area contributed by atoms with E-state index in [1.165, 1.54) is 73.1 Å². The molecule has 2 saturated heterocycles. The molecule has 2 fully saturated rings. The van der Waals surface area contributed by atoms with Crippen LogP contribution in [0.1, 0.15) is 163 Å². The molecule has 474 valence electrons. The molecule has 6 heterocycles. The number of aliphatic carboxylic acids is 1. The number of methoxy groups -OCH3 is 2. The third kappa shape index (κ3) is 15.0. The summed E-state index contributed by atoms with van der Waals surface area (Å²) in [5.74, 6) is -1.68. The summed E-state index contributed by atoms with van der Waals surface area (Å²) in [5, 5.41) is 34.6. The van der Waals surface area contributed by atoms with E-state index in [1.54, 1.807) is 11.8 Å². The Kier molecular flexibility index (Phi) is 21.1. The smallest absolute Gasteiger partial charge is 0.415 e. The molecule has 22 heteroatoms. The van der Waals surface area contributed by atoms with Crippen molar-refractivity contribution < 1.29 is 77.3 Å². The van der Waals surface area contributed by atoms with Crippen LogP contribution in [0.25, 0.3) is 0 Å². The fraction of sp³-hybridized carbons (Fsp3) is 0.585. The molecule has 22 nitrogen and oxygen atoms in total. The number of aliphatic hydroxyl groups is 2. The maximum absolute atomic E-state index is 14.7. The van der Waals surface area contributed by atoms with Crippen LogP contribution in [0.5, 0.6) is 23.0 Å². The van der Waals surface area contributed by atoms with E-state index in [0.29, 0.717) is 53.7 Å². The van der Waals surface area contributed by atoms with Crippen LogP contribution in [0.2, 0.25) is 0 Å². The molecule has 2 aromatic rings. The zero-order valence-electron chi connectivity index (χ0n) is 52.3. The van der Waals surface area contributed by atoms with E-state index >= 15 is 0 Å². The first-order valence-electron chi connectivity index (χ1n) is 30.5. The quantitative estimate of drug-likeness (QED) is 0.104. The Hall–Kier alpha value is -7.59. The SMILES string of the molecule is COC(=O)N1CCN(C(=O)Oc2cc3c(c4c2C[C@H](O)[C@@](C)(CC/C=C(\C)CCC=C(C)C)O4)CN(CCC[C@@H](C(=O)O)N2Cc4c(cc(OC(=O)N5CCN(C(=O)OC)CC5)c5c4O[C@](C)(CC/C=C(\C)CCC=C(C)C)[C@@H](O)C5)C2=O)C3=O)CC1. The van der Waals surface area contributed by atoms with E-state index in [9.17, 15) is 48.9 Å². The van der Waals surface area contributed by atoms with E-state index in [0.717, 1.165) is 25.7 Å². The molecule has 0 saturated carbocycles. The van der Waals surface area contributed by atoms with Crippen molar-refractivity contribution in [3.63, 3.8) is 0 Å². The van der Waals surface area contributed by atoms with Gasteiger partial charge >= 0.3 is 30.3 Å². The van der Waals surface area contributed by atoms with Gasteiger partial charge in [0.15, 0.2) is 0 Å². The average Bonchev–Trinajstić information content (AvgIpc) is 1.78. The Morgan fingerprint density at radius 3 is 1.39 bits per heavy atom. The maximum atomic E-state index is 14.7. The standard InChI is InChI=1S/C65H88N6O16/c1-40(2)16-11-18-42(5)20-13-23-64(7)53(72)36-46-51(84-62(80)68-30-26-66(27-31-68)60(78)82-9)34-44-48(55(46)86-64)38-70(57(44)74)25-15-22-50(59(76)77)71-39-49-45(58(71)75)35-52(85-63(81)69-32-28-67(29-33-69)61(79)83-10)47-37-54(73)65(8,87-56(47)49)24-14-21-43(6)19-12-17-41(3)4/h16-17,20-21,34-35,50,53-54,72-73H,11-15,18-19,22-33,36-39H2,1-10H3,(H,76,77)/b42-20+,43-21+/t50-,53-,54-,64+,65+/m0/s1. The first-order valence-corrected chi connectivity index (χ1v) is 30.5. The number of carbonyl (C=O) groups excluding carboxylic acids is 6. The van der Waals surface area contributed by atoms with Crippen molar-refractivity contribution in [2.45, 2.75) is 175 Å². The summed E-state index contributed by atoms with van der Waals surface area (Å²) >= 11 is 0. The lowest BCUT2D eigenvalue weighted by Gasteiger charge is -2.41. The van der Waals surface area contributed by atoms with Crippen molar-refractivity contribution in [2.75, 3.05) is 73.1 Å². The van der Waals surface area contributed by atoms with Crippen molar-refractivity contribution in [3.8, 4) is 23.0 Å². The fourth-order valence-corrected chi connectivity index (χ4v) is 12.3. The van der Waals surface area contributed by atoms with Gasteiger partial charge in [-0.05, 0) is 132 Å². The number of fused-ring (bicyclic) bond motifs is 6. The zero-order chi connectivity index (χ0) is 63.1. The third-order valence-corrected chi connectivity index (χ3v) is 17.8.